The molecule has 1 aromatic carbocycles. The fraction of sp³-hybridized carbons (Fsp3) is 0.611. The quantitative estimate of drug-likeness (QED) is 0.834. The Morgan fingerprint density at radius 2 is 1.96 bits per heavy atom. The molecule has 0 heterocycles. The van der Waals surface area contributed by atoms with Gasteiger partial charge in [-0.25, -0.2) is 0 Å². The van der Waals surface area contributed by atoms with Crippen LogP contribution in [-0.2, 0) is 10.2 Å². The SMILES string of the molecule is COc1cc(C2(C(=O)O)CCCCC2)c(Cl)cc1OCC1CC1. The van der Waals surface area contributed by atoms with Crippen molar-refractivity contribution in [3.63, 3.8) is 0 Å². The molecule has 0 amide bonds. The predicted octanol–water partition coefficient (Wildman–Crippen LogP) is 4.42. The Kier molecular flexibility index (Phi) is 4.72. The number of rotatable bonds is 6. The van der Waals surface area contributed by atoms with Crippen LogP contribution < -0.4 is 9.47 Å². The van der Waals surface area contributed by atoms with Crippen molar-refractivity contribution >= 4 is 17.6 Å². The van der Waals surface area contributed by atoms with Gasteiger partial charge < -0.3 is 14.6 Å². The van der Waals surface area contributed by atoms with Gasteiger partial charge in [-0.1, -0.05) is 30.9 Å². The van der Waals surface area contributed by atoms with Gasteiger partial charge in [-0.15, -0.1) is 0 Å². The van der Waals surface area contributed by atoms with Crippen molar-refractivity contribution in [2.45, 2.75) is 50.4 Å². The Labute approximate surface area is 141 Å². The van der Waals surface area contributed by atoms with E-state index in [1.165, 1.54) is 12.8 Å². The predicted molar refractivity (Wildman–Crippen MR) is 88.6 cm³/mol. The number of halogens is 1. The molecule has 126 valence electrons. The topological polar surface area (TPSA) is 55.8 Å². The molecule has 0 aromatic heterocycles. The first kappa shape index (κ1) is 16.4. The second kappa shape index (κ2) is 6.60. The van der Waals surface area contributed by atoms with Crippen LogP contribution in [0.25, 0.3) is 0 Å². The summed E-state index contributed by atoms with van der Waals surface area (Å²) in [4.78, 5) is 12.0. The molecule has 2 aliphatic carbocycles. The van der Waals surface area contributed by atoms with Crippen LogP contribution in [0.5, 0.6) is 11.5 Å². The van der Waals surface area contributed by atoms with Crippen LogP contribution in [0, 0.1) is 5.92 Å². The number of hydrogen-bond acceptors (Lipinski definition) is 3. The Morgan fingerprint density at radius 1 is 1.26 bits per heavy atom. The van der Waals surface area contributed by atoms with Crippen LogP contribution in [-0.4, -0.2) is 24.8 Å². The highest BCUT2D eigenvalue weighted by Gasteiger charge is 2.43. The first-order chi connectivity index (χ1) is 11.1. The minimum atomic E-state index is -0.905. The molecule has 2 aliphatic rings. The van der Waals surface area contributed by atoms with E-state index in [9.17, 15) is 9.90 Å². The molecule has 0 radical (unpaired) electrons. The highest BCUT2D eigenvalue weighted by atomic mass is 35.5. The summed E-state index contributed by atoms with van der Waals surface area (Å²) in [7, 11) is 1.57. The van der Waals surface area contributed by atoms with E-state index >= 15 is 0 Å². The smallest absolute Gasteiger partial charge is 0.314 e. The van der Waals surface area contributed by atoms with Crippen LogP contribution in [0.4, 0.5) is 0 Å². The van der Waals surface area contributed by atoms with Crippen LogP contribution in [0.3, 0.4) is 0 Å². The number of carboxylic acid groups (broad SMARTS) is 1. The first-order valence-corrected chi connectivity index (χ1v) is 8.69. The van der Waals surface area contributed by atoms with Crippen LogP contribution >= 0.6 is 11.6 Å². The van der Waals surface area contributed by atoms with E-state index in [0.29, 0.717) is 47.5 Å². The van der Waals surface area contributed by atoms with Gasteiger partial charge in [-0.2, -0.15) is 0 Å². The lowest BCUT2D eigenvalue weighted by atomic mass is 9.69. The highest BCUT2D eigenvalue weighted by molar-refractivity contribution is 6.32. The minimum Gasteiger partial charge on any atom is -0.493 e. The van der Waals surface area contributed by atoms with Gasteiger partial charge in [-0.3, -0.25) is 4.79 Å². The van der Waals surface area contributed by atoms with Crippen LogP contribution in [0.15, 0.2) is 12.1 Å². The van der Waals surface area contributed by atoms with E-state index in [-0.39, 0.29) is 0 Å². The molecule has 0 spiro atoms. The molecule has 0 unspecified atom stereocenters. The van der Waals surface area contributed by atoms with E-state index in [1.54, 1.807) is 19.2 Å². The van der Waals surface area contributed by atoms with Gasteiger partial charge in [0.25, 0.3) is 0 Å². The number of aliphatic carboxylic acids is 1. The molecular weight excluding hydrogens is 316 g/mol. The lowest BCUT2D eigenvalue weighted by Crippen LogP contribution is -2.38. The van der Waals surface area contributed by atoms with Crippen molar-refractivity contribution in [3.8, 4) is 11.5 Å². The number of carboxylic acids is 1. The van der Waals surface area contributed by atoms with Crippen molar-refractivity contribution in [2.24, 2.45) is 5.92 Å². The minimum absolute atomic E-state index is 0.459. The fourth-order valence-corrected chi connectivity index (χ4v) is 3.75. The third kappa shape index (κ3) is 3.27. The van der Waals surface area contributed by atoms with Crippen molar-refractivity contribution < 1.29 is 19.4 Å². The summed E-state index contributed by atoms with van der Waals surface area (Å²) in [6.07, 6.45) is 6.54. The zero-order valence-corrected chi connectivity index (χ0v) is 14.2. The number of benzene rings is 1. The summed E-state index contributed by atoms with van der Waals surface area (Å²) in [5, 5.41) is 10.3. The molecule has 0 bridgehead atoms. The standard InChI is InChI=1S/C18H23ClO4/c1-22-15-9-13(18(17(20)21)7-3-2-4-8-18)14(19)10-16(15)23-11-12-5-6-12/h9-10,12H,2-8,11H2,1H3,(H,20,21). The van der Waals surface area contributed by atoms with Gasteiger partial charge in [0.05, 0.1) is 19.1 Å². The zero-order chi connectivity index (χ0) is 16.4. The second-order valence-corrected chi connectivity index (χ2v) is 7.09. The third-order valence-electron chi connectivity index (χ3n) is 5.06. The maximum atomic E-state index is 12.0. The number of carbonyl (C=O) groups is 1. The molecule has 0 aliphatic heterocycles. The number of hydrogen-bond donors (Lipinski definition) is 1. The Morgan fingerprint density at radius 3 is 2.52 bits per heavy atom. The molecule has 0 atom stereocenters. The van der Waals surface area contributed by atoms with E-state index in [0.717, 1.165) is 19.3 Å². The average Bonchev–Trinajstić information content (AvgIpc) is 3.37. The molecule has 2 fully saturated rings. The third-order valence-corrected chi connectivity index (χ3v) is 5.37. The fourth-order valence-electron chi connectivity index (χ4n) is 3.42. The van der Waals surface area contributed by atoms with Gasteiger partial charge in [0, 0.05) is 11.1 Å². The monoisotopic (exact) mass is 338 g/mol. The lowest BCUT2D eigenvalue weighted by molar-refractivity contribution is -0.145. The summed E-state index contributed by atoms with van der Waals surface area (Å²) in [5.74, 6) is 0.996. The van der Waals surface area contributed by atoms with Crippen molar-refractivity contribution in [1.82, 2.24) is 0 Å². The number of ether oxygens (including phenoxy) is 2. The van der Waals surface area contributed by atoms with Crippen LogP contribution in [0.1, 0.15) is 50.5 Å². The molecule has 4 nitrogen and oxygen atoms in total. The van der Waals surface area contributed by atoms with Gasteiger partial charge in [-0.05, 0) is 43.2 Å². The molecular formula is C18H23ClO4. The van der Waals surface area contributed by atoms with Gasteiger partial charge in [0.15, 0.2) is 11.5 Å². The van der Waals surface area contributed by atoms with E-state index in [2.05, 4.69) is 0 Å². The maximum absolute atomic E-state index is 12.0. The molecule has 0 saturated heterocycles. The average molecular weight is 339 g/mol. The Bertz CT molecular complexity index is 589. The largest absolute Gasteiger partial charge is 0.493 e. The number of methoxy groups -OCH3 is 1. The van der Waals surface area contributed by atoms with E-state index < -0.39 is 11.4 Å². The van der Waals surface area contributed by atoms with Crippen molar-refractivity contribution in [2.75, 3.05) is 13.7 Å². The normalized spacial score (nSPS) is 20.1. The van der Waals surface area contributed by atoms with Crippen molar-refractivity contribution in [3.05, 3.63) is 22.7 Å². The summed E-state index contributed by atoms with van der Waals surface area (Å²) < 4.78 is 11.2. The molecule has 23 heavy (non-hydrogen) atoms. The van der Waals surface area contributed by atoms with Crippen LogP contribution in [0.2, 0.25) is 5.02 Å². The lowest BCUT2D eigenvalue weighted by Gasteiger charge is -2.34. The summed E-state index contributed by atoms with van der Waals surface area (Å²) in [5.41, 5.74) is -0.251. The Hall–Kier alpha value is -1.42. The van der Waals surface area contributed by atoms with E-state index in [4.69, 9.17) is 21.1 Å². The highest BCUT2D eigenvalue weighted by Crippen LogP contribution is 2.46. The molecule has 1 aromatic rings. The van der Waals surface area contributed by atoms with Gasteiger partial charge >= 0.3 is 5.97 Å². The van der Waals surface area contributed by atoms with E-state index in [1.807, 2.05) is 0 Å². The summed E-state index contributed by atoms with van der Waals surface area (Å²) in [6.45, 7) is 0.663. The molecule has 5 heteroatoms. The Balaban J connectivity index is 1.95. The molecule has 3 rings (SSSR count). The first-order valence-electron chi connectivity index (χ1n) is 8.31. The molecule has 2 saturated carbocycles. The zero-order valence-electron chi connectivity index (χ0n) is 13.4. The molecule has 1 N–H and O–H groups in total. The second-order valence-electron chi connectivity index (χ2n) is 6.69. The van der Waals surface area contributed by atoms with Crippen molar-refractivity contribution in [1.29, 1.82) is 0 Å². The maximum Gasteiger partial charge on any atom is 0.314 e. The summed E-state index contributed by atoms with van der Waals surface area (Å²) >= 11 is 6.46. The summed E-state index contributed by atoms with van der Waals surface area (Å²) in [6, 6.07) is 3.49. The van der Waals surface area contributed by atoms with Gasteiger partial charge in [0.2, 0.25) is 0 Å². The van der Waals surface area contributed by atoms with Gasteiger partial charge in [0.1, 0.15) is 0 Å².